The van der Waals surface area contributed by atoms with Crippen molar-refractivity contribution in [2.24, 2.45) is 5.73 Å². The molecule has 20 heavy (non-hydrogen) atoms. The molecule has 1 aromatic heterocycles. The first kappa shape index (κ1) is 14.8. The number of nitrogens with zero attached hydrogens (tertiary/aromatic N) is 2. The number of aryl methyl sites for hydroxylation is 1. The Balaban J connectivity index is 2.51. The lowest BCUT2D eigenvalue weighted by molar-refractivity contribution is 0.631. The van der Waals surface area contributed by atoms with Crippen molar-refractivity contribution in [1.82, 2.24) is 10.2 Å². The number of halogens is 2. The molecular weight excluding hydrogens is 343 g/mol. The number of thiocarbonyl (C=S) groups is 1. The van der Waals surface area contributed by atoms with E-state index in [1.54, 1.807) is 12.1 Å². The fourth-order valence-corrected chi connectivity index (χ4v) is 2.33. The van der Waals surface area contributed by atoms with E-state index in [1.165, 1.54) is 6.07 Å². The van der Waals surface area contributed by atoms with Crippen LogP contribution < -0.4 is 11.1 Å². The smallest absolute Gasteiger partial charge is 0.163 e. The zero-order valence-corrected chi connectivity index (χ0v) is 13.3. The average molecular weight is 355 g/mol. The van der Waals surface area contributed by atoms with Crippen molar-refractivity contribution in [2.75, 3.05) is 5.32 Å². The summed E-state index contributed by atoms with van der Waals surface area (Å²) in [6, 6.07) is 4.57. The predicted molar refractivity (Wildman–Crippen MR) is 84.8 cm³/mol. The van der Waals surface area contributed by atoms with Crippen LogP contribution in [0, 0.1) is 19.7 Å². The van der Waals surface area contributed by atoms with Gasteiger partial charge in [-0.2, -0.15) is 5.10 Å². The molecule has 7 heteroatoms. The third-order valence-electron chi connectivity index (χ3n) is 2.88. The van der Waals surface area contributed by atoms with Gasteiger partial charge in [0.25, 0.3) is 0 Å². The van der Waals surface area contributed by atoms with Crippen LogP contribution in [-0.4, -0.2) is 15.2 Å². The Kier molecular flexibility index (Phi) is 4.29. The van der Waals surface area contributed by atoms with E-state index in [4.69, 9.17) is 18.0 Å². The summed E-state index contributed by atoms with van der Waals surface area (Å²) < 4.78 is 14.5. The summed E-state index contributed by atoms with van der Waals surface area (Å²) in [5, 5.41) is 10.9. The minimum Gasteiger partial charge on any atom is -0.389 e. The van der Waals surface area contributed by atoms with Crippen molar-refractivity contribution < 1.29 is 4.39 Å². The standard InChI is InChI=1S/C13H12BrFN4S/c1-6-7(2)18-19-13(11(6)12(16)20)17-10-5-8(14)3-4-9(10)15/h3-5H,1-2H3,(H2,16,20)(H,17,19). The van der Waals surface area contributed by atoms with E-state index in [0.29, 0.717) is 11.4 Å². The SMILES string of the molecule is Cc1nnc(Nc2cc(Br)ccc2F)c(C(N)=S)c1C. The molecule has 1 aromatic carbocycles. The van der Waals surface area contributed by atoms with Gasteiger partial charge in [0, 0.05) is 4.47 Å². The highest BCUT2D eigenvalue weighted by molar-refractivity contribution is 9.10. The fraction of sp³-hybridized carbons (Fsp3) is 0.154. The monoisotopic (exact) mass is 354 g/mol. The molecule has 104 valence electrons. The van der Waals surface area contributed by atoms with Crippen molar-refractivity contribution in [2.45, 2.75) is 13.8 Å². The molecule has 2 rings (SSSR count). The number of anilines is 2. The molecule has 0 aliphatic carbocycles. The van der Waals surface area contributed by atoms with Gasteiger partial charge in [0.05, 0.1) is 16.9 Å². The van der Waals surface area contributed by atoms with Crippen LogP contribution in [0.1, 0.15) is 16.8 Å². The number of hydrogen-bond acceptors (Lipinski definition) is 4. The molecule has 0 unspecified atom stereocenters. The summed E-state index contributed by atoms with van der Waals surface area (Å²) in [5.74, 6) is -0.0558. The van der Waals surface area contributed by atoms with E-state index >= 15 is 0 Å². The minimum absolute atomic E-state index is 0.193. The van der Waals surface area contributed by atoms with Gasteiger partial charge in [-0.15, -0.1) is 5.10 Å². The van der Waals surface area contributed by atoms with E-state index in [2.05, 4.69) is 31.4 Å². The highest BCUT2D eigenvalue weighted by atomic mass is 79.9. The molecule has 1 heterocycles. The molecule has 0 bridgehead atoms. The highest BCUT2D eigenvalue weighted by Gasteiger charge is 2.15. The summed E-state index contributed by atoms with van der Waals surface area (Å²) in [7, 11) is 0. The molecule has 3 N–H and O–H groups in total. The number of rotatable bonds is 3. The zero-order chi connectivity index (χ0) is 14.9. The van der Waals surface area contributed by atoms with Gasteiger partial charge in [0.15, 0.2) is 5.82 Å². The van der Waals surface area contributed by atoms with Crippen molar-refractivity contribution >= 4 is 44.6 Å². The topological polar surface area (TPSA) is 63.8 Å². The van der Waals surface area contributed by atoms with Gasteiger partial charge in [0.2, 0.25) is 0 Å². The number of nitrogens with two attached hydrogens (primary N) is 1. The maximum Gasteiger partial charge on any atom is 0.163 e. The number of benzene rings is 1. The molecule has 0 amide bonds. The molecule has 0 saturated heterocycles. The second-order valence-electron chi connectivity index (χ2n) is 4.25. The maximum atomic E-state index is 13.8. The molecule has 0 atom stereocenters. The van der Waals surface area contributed by atoms with Gasteiger partial charge in [-0.3, -0.25) is 0 Å². The van der Waals surface area contributed by atoms with Crippen LogP contribution in [0.25, 0.3) is 0 Å². The van der Waals surface area contributed by atoms with Gasteiger partial charge in [-0.05, 0) is 37.6 Å². The first-order chi connectivity index (χ1) is 9.40. The molecule has 0 fully saturated rings. The van der Waals surface area contributed by atoms with Crippen LogP contribution in [0.4, 0.5) is 15.9 Å². The van der Waals surface area contributed by atoms with E-state index in [9.17, 15) is 4.39 Å². The summed E-state index contributed by atoms with van der Waals surface area (Å²) in [5.41, 5.74) is 8.13. The first-order valence-corrected chi connectivity index (χ1v) is 6.96. The summed E-state index contributed by atoms with van der Waals surface area (Å²) >= 11 is 8.33. The Labute approximate surface area is 129 Å². The van der Waals surface area contributed by atoms with Gasteiger partial charge in [0.1, 0.15) is 10.8 Å². The Bertz CT molecular complexity index is 690. The van der Waals surface area contributed by atoms with Crippen molar-refractivity contribution in [3.8, 4) is 0 Å². The van der Waals surface area contributed by atoms with Crippen molar-refractivity contribution in [3.63, 3.8) is 0 Å². The van der Waals surface area contributed by atoms with Crippen LogP contribution in [0.3, 0.4) is 0 Å². The Morgan fingerprint density at radius 3 is 2.70 bits per heavy atom. The molecule has 2 aromatic rings. The Morgan fingerprint density at radius 2 is 2.05 bits per heavy atom. The third-order valence-corrected chi connectivity index (χ3v) is 3.58. The molecule has 4 nitrogen and oxygen atoms in total. The van der Waals surface area contributed by atoms with E-state index in [0.717, 1.165) is 15.7 Å². The van der Waals surface area contributed by atoms with Crippen molar-refractivity contribution in [1.29, 1.82) is 0 Å². The number of hydrogen-bond donors (Lipinski definition) is 2. The average Bonchev–Trinajstić information content (AvgIpc) is 2.38. The second kappa shape index (κ2) is 5.80. The summed E-state index contributed by atoms with van der Waals surface area (Å²) in [6.45, 7) is 3.66. The molecule has 0 saturated carbocycles. The Morgan fingerprint density at radius 1 is 1.35 bits per heavy atom. The third kappa shape index (κ3) is 2.94. The van der Waals surface area contributed by atoms with Crippen molar-refractivity contribution in [3.05, 3.63) is 45.3 Å². The van der Waals surface area contributed by atoms with Gasteiger partial charge >= 0.3 is 0 Å². The molecule has 0 radical (unpaired) electrons. The van der Waals surface area contributed by atoms with E-state index < -0.39 is 5.82 Å². The van der Waals surface area contributed by atoms with Crippen LogP contribution in [-0.2, 0) is 0 Å². The molecule has 0 aliphatic rings. The first-order valence-electron chi connectivity index (χ1n) is 5.76. The fourth-order valence-electron chi connectivity index (χ4n) is 1.72. The van der Waals surface area contributed by atoms with E-state index in [-0.39, 0.29) is 10.7 Å². The molecule has 0 spiro atoms. The van der Waals surface area contributed by atoms with Crippen LogP contribution in [0.2, 0.25) is 0 Å². The second-order valence-corrected chi connectivity index (χ2v) is 5.60. The quantitative estimate of drug-likeness (QED) is 0.827. The lowest BCUT2D eigenvalue weighted by Crippen LogP contribution is -2.17. The van der Waals surface area contributed by atoms with Gasteiger partial charge in [-0.1, -0.05) is 28.1 Å². The van der Waals surface area contributed by atoms with Crippen LogP contribution in [0.15, 0.2) is 22.7 Å². The summed E-state index contributed by atoms with van der Waals surface area (Å²) in [6.07, 6.45) is 0. The highest BCUT2D eigenvalue weighted by Crippen LogP contribution is 2.26. The number of aromatic nitrogens is 2. The largest absolute Gasteiger partial charge is 0.389 e. The minimum atomic E-state index is -0.401. The normalized spacial score (nSPS) is 10.4. The van der Waals surface area contributed by atoms with E-state index in [1.807, 2.05) is 13.8 Å². The Hall–Kier alpha value is -1.60. The van der Waals surface area contributed by atoms with Gasteiger partial charge < -0.3 is 11.1 Å². The van der Waals surface area contributed by atoms with Crippen LogP contribution in [0.5, 0.6) is 0 Å². The summed E-state index contributed by atoms with van der Waals surface area (Å²) in [4.78, 5) is 0.193. The molecule has 0 aliphatic heterocycles. The van der Waals surface area contributed by atoms with Crippen LogP contribution >= 0.6 is 28.1 Å². The maximum absolute atomic E-state index is 13.8. The number of nitrogens with one attached hydrogen (secondary N) is 1. The lowest BCUT2D eigenvalue weighted by Gasteiger charge is -2.13. The van der Waals surface area contributed by atoms with Gasteiger partial charge in [-0.25, -0.2) is 4.39 Å². The lowest BCUT2D eigenvalue weighted by atomic mass is 10.1. The molecular formula is C13H12BrFN4S. The predicted octanol–water partition coefficient (Wildman–Crippen LogP) is 3.37. The zero-order valence-electron chi connectivity index (χ0n) is 10.9.